The van der Waals surface area contributed by atoms with E-state index in [9.17, 15) is 23.4 Å². The molecule has 0 aromatic carbocycles. The molecule has 0 spiro atoms. The van der Waals surface area contributed by atoms with Crippen molar-refractivity contribution < 1.29 is 32.9 Å². The second-order valence-electron chi connectivity index (χ2n) is 5.41. The molecule has 0 radical (unpaired) electrons. The number of halogens is 3. The molecule has 1 saturated heterocycles. The number of ether oxygens (including phenoxy) is 2. The monoisotopic (exact) mass is 405 g/mol. The van der Waals surface area contributed by atoms with Crippen molar-refractivity contribution in [3.8, 4) is 6.07 Å². The number of rotatable bonds is 5. The average Bonchev–Trinajstić information content (AvgIpc) is 2.63. The molecule has 9 nitrogen and oxygen atoms in total. The zero-order valence-electron chi connectivity index (χ0n) is 13.7. The van der Waals surface area contributed by atoms with Crippen LogP contribution in [0.5, 0.6) is 0 Å². The average molecular weight is 405 g/mol. The van der Waals surface area contributed by atoms with Gasteiger partial charge < -0.3 is 19.7 Å². The van der Waals surface area contributed by atoms with E-state index in [1.165, 1.54) is 13.2 Å². The number of pyridine rings is 1. The standard InChI is InChI=1S/C14H14F3N5O4S/c1-25-11-9(21-22-19)10(24)8(5-23)26-13(11)27-7-2-6(3-18)12(20-4-7)14(15,16)17/h2,4,8-11,13,23-24H,5H2,1H3/t8?,9-,10-,11?,13+/m0/s1. The van der Waals surface area contributed by atoms with Crippen LogP contribution in [0.25, 0.3) is 10.4 Å². The number of hydrogen-bond acceptors (Lipinski definition) is 8. The van der Waals surface area contributed by atoms with E-state index in [0.717, 1.165) is 24.0 Å². The lowest BCUT2D eigenvalue weighted by atomic mass is 9.98. The van der Waals surface area contributed by atoms with Gasteiger partial charge in [0.15, 0.2) is 5.69 Å². The Kier molecular flexibility index (Phi) is 6.88. The highest BCUT2D eigenvalue weighted by molar-refractivity contribution is 7.99. The van der Waals surface area contributed by atoms with E-state index < -0.39 is 53.8 Å². The summed E-state index contributed by atoms with van der Waals surface area (Å²) in [5, 5.41) is 31.9. The summed E-state index contributed by atoms with van der Waals surface area (Å²) in [5.74, 6) is 0. The van der Waals surface area contributed by atoms with Gasteiger partial charge >= 0.3 is 6.18 Å². The number of aliphatic hydroxyl groups excluding tert-OH is 2. The van der Waals surface area contributed by atoms with Crippen LogP contribution >= 0.6 is 11.8 Å². The third kappa shape index (κ3) is 4.62. The first-order valence-corrected chi connectivity index (χ1v) is 8.30. The zero-order chi connectivity index (χ0) is 20.2. The molecule has 2 unspecified atom stereocenters. The van der Waals surface area contributed by atoms with Gasteiger partial charge in [-0.25, -0.2) is 4.98 Å². The van der Waals surface area contributed by atoms with Crippen LogP contribution < -0.4 is 0 Å². The van der Waals surface area contributed by atoms with E-state index in [2.05, 4.69) is 15.0 Å². The van der Waals surface area contributed by atoms with Crippen molar-refractivity contribution in [3.63, 3.8) is 0 Å². The van der Waals surface area contributed by atoms with Gasteiger partial charge in [-0.05, 0) is 11.6 Å². The molecule has 1 aliphatic heterocycles. The van der Waals surface area contributed by atoms with Crippen LogP contribution in [-0.2, 0) is 15.7 Å². The van der Waals surface area contributed by atoms with E-state index in [1.807, 2.05) is 0 Å². The maximum atomic E-state index is 12.9. The number of alkyl halides is 3. The lowest BCUT2D eigenvalue weighted by molar-refractivity contribution is -0.167. The van der Waals surface area contributed by atoms with Crippen LogP contribution in [0.4, 0.5) is 13.2 Å². The summed E-state index contributed by atoms with van der Waals surface area (Å²) in [5.41, 5.74) is 5.77. The molecule has 2 heterocycles. The minimum Gasteiger partial charge on any atom is -0.394 e. The summed E-state index contributed by atoms with van der Waals surface area (Å²) in [6, 6.07) is 1.35. The first-order chi connectivity index (χ1) is 12.8. The van der Waals surface area contributed by atoms with Gasteiger partial charge in [-0.1, -0.05) is 16.9 Å². The molecule has 146 valence electrons. The predicted octanol–water partition coefficient (Wildman–Crippen LogP) is 1.84. The minimum atomic E-state index is -4.77. The number of azide groups is 1. The van der Waals surface area contributed by atoms with Crippen molar-refractivity contribution in [2.24, 2.45) is 5.11 Å². The Bertz CT molecular complexity index is 768. The molecule has 1 fully saturated rings. The smallest absolute Gasteiger partial charge is 0.394 e. The molecule has 0 bridgehead atoms. The molecule has 27 heavy (non-hydrogen) atoms. The lowest BCUT2D eigenvalue weighted by Crippen LogP contribution is -2.57. The van der Waals surface area contributed by atoms with Gasteiger partial charge in [-0.2, -0.15) is 18.4 Å². The lowest BCUT2D eigenvalue weighted by Gasteiger charge is -2.41. The van der Waals surface area contributed by atoms with Gasteiger partial charge in [0, 0.05) is 23.1 Å². The molecule has 2 N–H and O–H groups in total. The van der Waals surface area contributed by atoms with E-state index in [-0.39, 0.29) is 4.90 Å². The van der Waals surface area contributed by atoms with Crippen LogP contribution in [0.1, 0.15) is 11.3 Å². The van der Waals surface area contributed by atoms with E-state index >= 15 is 0 Å². The maximum absolute atomic E-state index is 12.9. The van der Waals surface area contributed by atoms with Crippen molar-refractivity contribution in [1.82, 2.24) is 4.98 Å². The quantitative estimate of drug-likeness (QED) is 0.432. The topological polar surface area (TPSA) is 144 Å². The fraction of sp³-hybridized carbons (Fsp3) is 0.571. The Morgan fingerprint density at radius 1 is 1.56 bits per heavy atom. The van der Waals surface area contributed by atoms with E-state index in [1.54, 1.807) is 0 Å². The Labute approximate surface area is 155 Å². The SMILES string of the molecule is COC1[C@@H](Sc2cnc(C(F)(F)F)c(C#N)c2)OC(CO)[C@H](O)[C@@H]1N=[N+]=[N-]. The van der Waals surface area contributed by atoms with Crippen LogP contribution in [0.15, 0.2) is 22.3 Å². The summed E-state index contributed by atoms with van der Waals surface area (Å²) in [6.45, 7) is -0.583. The van der Waals surface area contributed by atoms with Crippen molar-refractivity contribution in [2.45, 2.75) is 40.9 Å². The summed E-state index contributed by atoms with van der Waals surface area (Å²) >= 11 is 0.863. The predicted molar refractivity (Wildman–Crippen MR) is 85.3 cm³/mol. The number of nitriles is 1. The van der Waals surface area contributed by atoms with Crippen LogP contribution in [-0.4, -0.2) is 58.7 Å². The van der Waals surface area contributed by atoms with Crippen molar-refractivity contribution in [1.29, 1.82) is 5.26 Å². The largest absolute Gasteiger partial charge is 0.434 e. The highest BCUT2D eigenvalue weighted by Gasteiger charge is 2.45. The molecule has 1 aromatic heterocycles. The molecular formula is C14H14F3N5O4S. The fourth-order valence-electron chi connectivity index (χ4n) is 2.55. The number of aromatic nitrogens is 1. The summed E-state index contributed by atoms with van der Waals surface area (Å²) in [4.78, 5) is 6.11. The number of thioether (sulfide) groups is 1. The highest BCUT2D eigenvalue weighted by atomic mass is 32.2. The summed E-state index contributed by atoms with van der Waals surface area (Å²) in [6.07, 6.45) is -7.25. The number of hydrogen-bond donors (Lipinski definition) is 2. The zero-order valence-corrected chi connectivity index (χ0v) is 14.6. The molecule has 0 aliphatic carbocycles. The van der Waals surface area contributed by atoms with Gasteiger partial charge in [0.1, 0.15) is 23.7 Å². The normalized spacial score (nSPS) is 28.3. The molecule has 0 amide bonds. The van der Waals surface area contributed by atoms with Gasteiger partial charge in [0.25, 0.3) is 0 Å². The Morgan fingerprint density at radius 2 is 2.26 bits per heavy atom. The first kappa shape index (κ1) is 21.2. The fourth-order valence-corrected chi connectivity index (χ4v) is 3.72. The van der Waals surface area contributed by atoms with E-state index in [0.29, 0.717) is 0 Å². The van der Waals surface area contributed by atoms with Crippen molar-refractivity contribution in [3.05, 3.63) is 34.0 Å². The first-order valence-electron chi connectivity index (χ1n) is 7.42. The second kappa shape index (κ2) is 8.75. The molecule has 5 atom stereocenters. The van der Waals surface area contributed by atoms with Crippen LogP contribution in [0.2, 0.25) is 0 Å². The molecule has 0 saturated carbocycles. The molecule has 2 rings (SSSR count). The molecule has 1 aliphatic rings. The number of aliphatic hydroxyl groups is 2. The third-order valence-electron chi connectivity index (χ3n) is 3.79. The Hall–Kier alpha value is -2.07. The maximum Gasteiger partial charge on any atom is 0.434 e. The van der Waals surface area contributed by atoms with E-state index in [4.69, 9.17) is 20.3 Å². The van der Waals surface area contributed by atoms with Crippen molar-refractivity contribution in [2.75, 3.05) is 13.7 Å². The van der Waals surface area contributed by atoms with Gasteiger partial charge in [0.05, 0.1) is 24.3 Å². The van der Waals surface area contributed by atoms with Gasteiger partial charge in [0.2, 0.25) is 0 Å². The summed E-state index contributed by atoms with van der Waals surface area (Å²) in [7, 11) is 1.28. The van der Waals surface area contributed by atoms with Crippen molar-refractivity contribution >= 4 is 11.8 Å². The third-order valence-corrected chi connectivity index (χ3v) is 4.89. The van der Waals surface area contributed by atoms with Gasteiger partial charge in [-0.3, -0.25) is 0 Å². The Morgan fingerprint density at radius 3 is 2.78 bits per heavy atom. The van der Waals surface area contributed by atoms with Crippen LogP contribution in [0.3, 0.4) is 0 Å². The highest BCUT2D eigenvalue weighted by Crippen LogP contribution is 2.37. The number of nitrogens with zero attached hydrogens (tertiary/aromatic N) is 5. The minimum absolute atomic E-state index is 0.166. The molecule has 13 heteroatoms. The second-order valence-corrected chi connectivity index (χ2v) is 6.58. The number of methoxy groups -OCH3 is 1. The van der Waals surface area contributed by atoms with Crippen LogP contribution in [0, 0.1) is 11.3 Å². The molecular weight excluding hydrogens is 391 g/mol. The Balaban J connectivity index is 2.34. The van der Waals surface area contributed by atoms with Gasteiger partial charge in [-0.15, -0.1) is 0 Å². The molecule has 1 aromatic rings. The summed E-state index contributed by atoms with van der Waals surface area (Å²) < 4.78 is 49.3.